The number of benzene rings is 2. The first-order chi connectivity index (χ1) is 12.6. The zero-order valence-electron chi connectivity index (χ0n) is 14.8. The van der Waals surface area contributed by atoms with Gasteiger partial charge in [0, 0.05) is 13.1 Å². The average molecular weight is 367 g/mol. The number of aromatic nitrogens is 2. The van der Waals surface area contributed by atoms with E-state index in [-0.39, 0.29) is 6.03 Å². The molecule has 0 saturated heterocycles. The summed E-state index contributed by atoms with van der Waals surface area (Å²) in [6.07, 6.45) is 0. The lowest BCUT2D eigenvalue weighted by molar-refractivity contribution is 0.251. The Morgan fingerprint density at radius 1 is 1.12 bits per heavy atom. The van der Waals surface area contributed by atoms with Crippen LogP contribution in [0.15, 0.2) is 54.0 Å². The van der Waals surface area contributed by atoms with Crippen molar-refractivity contribution < 1.29 is 4.79 Å². The van der Waals surface area contributed by atoms with Gasteiger partial charge in [-0.15, -0.1) is 10.2 Å². The first kappa shape index (κ1) is 18.0. The van der Waals surface area contributed by atoms with Gasteiger partial charge in [0.05, 0.1) is 0 Å². The minimum Gasteiger partial charge on any atom is -0.334 e. The number of nitrogens with zero attached hydrogens (tertiary/aromatic N) is 3. The summed E-state index contributed by atoms with van der Waals surface area (Å²) in [4.78, 5) is 14.1. The second kappa shape index (κ2) is 8.55. The Morgan fingerprint density at radius 3 is 2.58 bits per heavy atom. The average Bonchev–Trinajstić information content (AvgIpc) is 3.13. The van der Waals surface area contributed by atoms with E-state index in [0.29, 0.717) is 11.7 Å². The van der Waals surface area contributed by atoms with E-state index in [1.807, 2.05) is 18.2 Å². The fraction of sp³-hybridized carbons (Fsp3) is 0.211. The smallest absolute Gasteiger partial charge is 0.321 e. The van der Waals surface area contributed by atoms with Gasteiger partial charge >= 0.3 is 6.03 Å². The fourth-order valence-corrected chi connectivity index (χ4v) is 3.10. The molecule has 0 unspecified atom stereocenters. The lowest BCUT2D eigenvalue weighted by Crippen LogP contribution is -2.28. The maximum absolute atomic E-state index is 12.0. The molecule has 134 valence electrons. The summed E-state index contributed by atoms with van der Waals surface area (Å²) >= 11 is 1.28. The molecule has 3 aromatic rings. The highest BCUT2D eigenvalue weighted by Gasteiger charge is 2.08. The lowest BCUT2D eigenvalue weighted by atomic mass is 9.98. The van der Waals surface area contributed by atoms with Crippen molar-refractivity contribution in [3.63, 3.8) is 0 Å². The van der Waals surface area contributed by atoms with E-state index in [1.54, 1.807) is 5.51 Å². The molecule has 26 heavy (non-hydrogen) atoms. The van der Waals surface area contributed by atoms with Crippen molar-refractivity contribution in [2.75, 3.05) is 19.4 Å². The Balaban J connectivity index is 1.68. The SMILES string of the molecule is CN(C)Cc1ccc(-c2ccccc2CNC(=O)Nc2nncs2)cc1. The van der Waals surface area contributed by atoms with Crippen LogP contribution < -0.4 is 10.6 Å². The van der Waals surface area contributed by atoms with Crippen LogP contribution in [-0.4, -0.2) is 35.2 Å². The molecule has 2 N–H and O–H groups in total. The van der Waals surface area contributed by atoms with Crippen LogP contribution in [0, 0.1) is 0 Å². The van der Waals surface area contributed by atoms with Crippen LogP contribution in [0.5, 0.6) is 0 Å². The molecule has 0 fully saturated rings. The molecule has 6 nitrogen and oxygen atoms in total. The van der Waals surface area contributed by atoms with Gasteiger partial charge in [-0.05, 0) is 36.3 Å². The van der Waals surface area contributed by atoms with E-state index in [2.05, 4.69) is 70.2 Å². The summed E-state index contributed by atoms with van der Waals surface area (Å²) in [5, 5.41) is 13.5. The minimum atomic E-state index is -0.294. The van der Waals surface area contributed by atoms with Crippen molar-refractivity contribution in [3.05, 3.63) is 65.2 Å². The van der Waals surface area contributed by atoms with Crippen molar-refractivity contribution in [1.82, 2.24) is 20.4 Å². The van der Waals surface area contributed by atoms with Crippen molar-refractivity contribution >= 4 is 22.5 Å². The molecule has 1 aromatic heterocycles. The summed E-state index contributed by atoms with van der Waals surface area (Å²) in [5.41, 5.74) is 6.14. The van der Waals surface area contributed by atoms with Gasteiger partial charge in [0.25, 0.3) is 0 Å². The molecule has 0 aliphatic carbocycles. The van der Waals surface area contributed by atoms with E-state index in [1.165, 1.54) is 16.9 Å². The quantitative estimate of drug-likeness (QED) is 0.698. The maximum Gasteiger partial charge on any atom is 0.321 e. The highest BCUT2D eigenvalue weighted by molar-refractivity contribution is 7.13. The van der Waals surface area contributed by atoms with E-state index in [0.717, 1.165) is 23.2 Å². The molecule has 0 aliphatic rings. The molecule has 0 atom stereocenters. The largest absolute Gasteiger partial charge is 0.334 e. The van der Waals surface area contributed by atoms with E-state index < -0.39 is 0 Å². The first-order valence-electron chi connectivity index (χ1n) is 8.25. The number of nitrogens with one attached hydrogen (secondary N) is 2. The Kier molecular flexibility index (Phi) is 5.93. The molecule has 2 aromatic carbocycles. The number of carbonyl (C=O) groups is 1. The van der Waals surface area contributed by atoms with Crippen LogP contribution in [0.1, 0.15) is 11.1 Å². The molecule has 1 heterocycles. The normalized spacial score (nSPS) is 10.7. The molecule has 0 radical (unpaired) electrons. The Bertz CT molecular complexity index is 847. The highest BCUT2D eigenvalue weighted by Crippen LogP contribution is 2.24. The number of hydrogen-bond acceptors (Lipinski definition) is 5. The molecule has 3 rings (SSSR count). The lowest BCUT2D eigenvalue weighted by Gasteiger charge is -2.13. The van der Waals surface area contributed by atoms with E-state index in [4.69, 9.17) is 0 Å². The Hall–Kier alpha value is -2.77. The molecule has 7 heteroatoms. The number of hydrogen-bond donors (Lipinski definition) is 2. The van der Waals surface area contributed by atoms with Gasteiger partial charge in [-0.3, -0.25) is 5.32 Å². The molecular weight excluding hydrogens is 346 g/mol. The summed E-state index contributed by atoms with van der Waals surface area (Å²) in [6.45, 7) is 1.34. The minimum absolute atomic E-state index is 0.294. The van der Waals surface area contributed by atoms with Crippen LogP contribution in [-0.2, 0) is 13.1 Å². The van der Waals surface area contributed by atoms with Gasteiger partial charge in [0.15, 0.2) is 0 Å². The highest BCUT2D eigenvalue weighted by atomic mass is 32.1. The van der Waals surface area contributed by atoms with Crippen molar-refractivity contribution in [3.8, 4) is 11.1 Å². The van der Waals surface area contributed by atoms with Crippen LogP contribution >= 0.6 is 11.3 Å². The Labute approximate surface area is 156 Å². The number of amides is 2. The summed E-state index contributed by atoms with van der Waals surface area (Å²) in [5.74, 6) is 0. The monoisotopic (exact) mass is 367 g/mol. The molecule has 0 aliphatic heterocycles. The second-order valence-corrected chi connectivity index (χ2v) is 6.98. The third kappa shape index (κ3) is 4.87. The maximum atomic E-state index is 12.0. The van der Waals surface area contributed by atoms with Gasteiger partial charge in [0.1, 0.15) is 5.51 Å². The summed E-state index contributed by atoms with van der Waals surface area (Å²) < 4.78 is 0. The second-order valence-electron chi connectivity index (χ2n) is 6.14. The van der Waals surface area contributed by atoms with Gasteiger partial charge in [-0.25, -0.2) is 4.79 Å². The van der Waals surface area contributed by atoms with Crippen LogP contribution in [0.3, 0.4) is 0 Å². The molecule has 2 amide bonds. The zero-order chi connectivity index (χ0) is 18.4. The predicted molar refractivity (Wildman–Crippen MR) is 105 cm³/mol. The van der Waals surface area contributed by atoms with Gasteiger partial charge < -0.3 is 10.2 Å². The van der Waals surface area contributed by atoms with Gasteiger partial charge in [-0.2, -0.15) is 0 Å². The van der Waals surface area contributed by atoms with Crippen molar-refractivity contribution in [2.24, 2.45) is 0 Å². The number of rotatable bonds is 6. The van der Waals surface area contributed by atoms with Crippen LogP contribution in [0.4, 0.5) is 9.93 Å². The summed E-state index contributed by atoms with van der Waals surface area (Å²) in [7, 11) is 4.11. The molecule has 0 spiro atoms. The fourth-order valence-electron chi connectivity index (χ4n) is 2.66. The van der Waals surface area contributed by atoms with E-state index >= 15 is 0 Å². The Morgan fingerprint density at radius 2 is 1.88 bits per heavy atom. The molecule has 0 bridgehead atoms. The first-order valence-corrected chi connectivity index (χ1v) is 9.13. The van der Waals surface area contributed by atoms with Crippen LogP contribution in [0.2, 0.25) is 0 Å². The topological polar surface area (TPSA) is 70.2 Å². The summed E-state index contributed by atoms with van der Waals surface area (Å²) in [6, 6.07) is 16.3. The van der Waals surface area contributed by atoms with Gasteiger partial charge in [0.2, 0.25) is 5.13 Å². The van der Waals surface area contributed by atoms with Crippen molar-refractivity contribution in [2.45, 2.75) is 13.1 Å². The predicted octanol–water partition coefficient (Wildman–Crippen LogP) is 3.59. The standard InChI is InChI=1S/C19H21N5OS/c1-24(2)12-14-7-9-15(10-8-14)17-6-4-3-5-16(17)11-20-18(25)22-19-23-21-13-26-19/h3-10,13H,11-12H2,1-2H3,(H2,20,22,23,25). The van der Waals surface area contributed by atoms with E-state index in [9.17, 15) is 4.79 Å². The molecular formula is C19H21N5OS. The number of urea groups is 1. The van der Waals surface area contributed by atoms with Crippen LogP contribution in [0.25, 0.3) is 11.1 Å². The number of carbonyl (C=O) groups excluding carboxylic acids is 1. The third-order valence-electron chi connectivity index (χ3n) is 3.80. The van der Waals surface area contributed by atoms with Crippen molar-refractivity contribution in [1.29, 1.82) is 0 Å². The molecule has 0 saturated carbocycles. The third-order valence-corrected chi connectivity index (χ3v) is 4.41. The number of anilines is 1. The van der Waals surface area contributed by atoms with Gasteiger partial charge in [-0.1, -0.05) is 59.9 Å². The zero-order valence-corrected chi connectivity index (χ0v) is 15.6.